The second-order valence-corrected chi connectivity index (χ2v) is 8.45. The monoisotopic (exact) mass is 494 g/mol. The van der Waals surface area contributed by atoms with Crippen molar-refractivity contribution >= 4 is 51.4 Å². The second-order valence-electron chi connectivity index (χ2n) is 7.89. The van der Waals surface area contributed by atoms with Crippen LogP contribution in [-0.4, -0.2) is 30.9 Å². The Kier molecular flexibility index (Phi) is 8.57. The molecule has 176 valence electrons. The Morgan fingerprint density at radius 3 is 2.55 bits per heavy atom. The fraction of sp³-hybridized carbons (Fsp3) is 0.409. The zero-order valence-corrected chi connectivity index (χ0v) is 19.9. The minimum atomic E-state index is -0.381. The molecule has 2 aromatic heterocycles. The van der Waals surface area contributed by atoms with Gasteiger partial charge in [0.1, 0.15) is 23.2 Å². The van der Waals surface area contributed by atoms with Crippen LogP contribution in [0.1, 0.15) is 53.7 Å². The summed E-state index contributed by atoms with van der Waals surface area (Å²) in [5.41, 5.74) is 2.42. The highest BCUT2D eigenvalue weighted by Crippen LogP contribution is 2.25. The lowest BCUT2D eigenvalue weighted by Gasteiger charge is -2.16. The van der Waals surface area contributed by atoms with Crippen LogP contribution in [0.2, 0.25) is 0 Å². The molecule has 0 saturated heterocycles. The summed E-state index contributed by atoms with van der Waals surface area (Å²) < 4.78 is 14.8. The van der Waals surface area contributed by atoms with Crippen molar-refractivity contribution in [3.05, 3.63) is 47.2 Å². The summed E-state index contributed by atoms with van der Waals surface area (Å²) in [6.07, 6.45) is 6.95. The summed E-state index contributed by atoms with van der Waals surface area (Å²) in [6.45, 7) is 1.93. The van der Waals surface area contributed by atoms with Gasteiger partial charge in [0.15, 0.2) is 11.5 Å². The van der Waals surface area contributed by atoms with Crippen LogP contribution in [0.4, 0.5) is 10.2 Å². The van der Waals surface area contributed by atoms with Crippen molar-refractivity contribution in [3.63, 3.8) is 0 Å². The molecule has 33 heavy (non-hydrogen) atoms. The van der Waals surface area contributed by atoms with Crippen LogP contribution in [0.3, 0.4) is 0 Å². The van der Waals surface area contributed by atoms with Crippen molar-refractivity contribution in [2.45, 2.75) is 45.6 Å². The van der Waals surface area contributed by atoms with E-state index in [1.54, 1.807) is 26.1 Å². The summed E-state index contributed by atoms with van der Waals surface area (Å²) in [4.78, 5) is 33.6. The van der Waals surface area contributed by atoms with Gasteiger partial charge in [0.05, 0.1) is 0 Å². The summed E-state index contributed by atoms with van der Waals surface area (Å²) in [6, 6.07) is 4.68. The number of rotatable bonds is 5. The number of amides is 1. The molecule has 2 N–H and O–H groups in total. The van der Waals surface area contributed by atoms with Gasteiger partial charge in [-0.2, -0.15) is 5.10 Å². The molecule has 1 aromatic carbocycles. The first-order valence-corrected chi connectivity index (χ1v) is 11.3. The molecular formula is C22H25Cl2FN6O2. The van der Waals surface area contributed by atoms with E-state index in [0.717, 1.165) is 18.4 Å². The Balaban J connectivity index is 0.000000286. The van der Waals surface area contributed by atoms with Crippen LogP contribution >= 0.6 is 23.4 Å². The average Bonchev–Trinajstić information content (AvgIpc) is 3.16. The number of hydrogen-bond acceptors (Lipinski definition) is 6. The van der Waals surface area contributed by atoms with Gasteiger partial charge in [-0.25, -0.2) is 14.4 Å². The number of hydrogen-bond donors (Lipinski definition) is 2. The van der Waals surface area contributed by atoms with Crippen LogP contribution in [0.25, 0.3) is 11.0 Å². The van der Waals surface area contributed by atoms with Gasteiger partial charge in [0, 0.05) is 31.3 Å². The van der Waals surface area contributed by atoms with E-state index in [0.29, 0.717) is 22.4 Å². The first kappa shape index (κ1) is 24.9. The van der Waals surface area contributed by atoms with E-state index >= 15 is 0 Å². The lowest BCUT2D eigenvalue weighted by Crippen LogP contribution is -2.24. The van der Waals surface area contributed by atoms with E-state index in [4.69, 9.17) is 23.4 Å². The molecule has 1 aliphatic rings. The molecule has 1 aliphatic carbocycles. The molecule has 3 aromatic rings. The molecule has 4 rings (SSSR count). The topological polar surface area (TPSA) is 102 Å². The third kappa shape index (κ3) is 6.17. The molecule has 1 fully saturated rings. The van der Waals surface area contributed by atoms with Crippen LogP contribution in [-0.2, 0) is 18.4 Å². The van der Waals surface area contributed by atoms with Crippen LogP contribution < -0.4 is 10.2 Å². The highest BCUT2D eigenvalue weighted by Gasteiger charge is 2.20. The Bertz CT molecular complexity index is 1150. The molecule has 0 unspecified atom stereocenters. The number of anilines is 1. The Labute approximate surface area is 201 Å². The Hall–Kier alpha value is -2.78. The maximum atomic E-state index is 13.3. The van der Waals surface area contributed by atoms with Crippen molar-refractivity contribution < 1.29 is 14.0 Å². The standard InChI is InChI=1S/C15H14ClFN6O.C7H11ClO/c1-8-5-9(3-4-10(8)17)6-18-15(24)12-13-11(19-7-20-12)14(21-16)22-23(13)2;8-7(9)6-4-2-1-3-5-6/h3-5,7H,6H2,1-2H3,(H,18,24)(H,21,22);6H,1-5H2. The third-order valence-corrected chi connectivity index (χ3v) is 6.01. The summed E-state index contributed by atoms with van der Waals surface area (Å²) >= 11 is 10.9. The summed E-state index contributed by atoms with van der Waals surface area (Å²) in [5.74, 6) is -0.132. The van der Waals surface area contributed by atoms with E-state index in [1.165, 1.54) is 36.3 Å². The lowest BCUT2D eigenvalue weighted by molar-refractivity contribution is -0.115. The number of aryl methyl sites for hydroxylation is 2. The van der Waals surface area contributed by atoms with Gasteiger partial charge in [-0.3, -0.25) is 19.1 Å². The normalized spacial score (nSPS) is 13.8. The molecular weight excluding hydrogens is 470 g/mol. The first-order chi connectivity index (χ1) is 15.8. The quantitative estimate of drug-likeness (QED) is 0.395. The second kappa shape index (κ2) is 11.4. The molecule has 1 saturated carbocycles. The summed E-state index contributed by atoms with van der Waals surface area (Å²) in [5, 5.41) is 6.77. The van der Waals surface area contributed by atoms with Crippen molar-refractivity contribution in [1.29, 1.82) is 0 Å². The van der Waals surface area contributed by atoms with Gasteiger partial charge >= 0.3 is 0 Å². The Morgan fingerprint density at radius 2 is 1.94 bits per heavy atom. The predicted octanol–water partition coefficient (Wildman–Crippen LogP) is 4.64. The van der Waals surface area contributed by atoms with Crippen molar-refractivity contribution in [2.75, 3.05) is 4.84 Å². The predicted molar refractivity (Wildman–Crippen MR) is 126 cm³/mol. The number of benzene rings is 1. The molecule has 0 atom stereocenters. The van der Waals surface area contributed by atoms with E-state index < -0.39 is 0 Å². The molecule has 2 heterocycles. The van der Waals surface area contributed by atoms with Crippen LogP contribution in [0, 0.1) is 18.7 Å². The highest BCUT2D eigenvalue weighted by molar-refractivity contribution is 6.63. The maximum Gasteiger partial charge on any atom is 0.272 e. The number of nitrogens with one attached hydrogen (secondary N) is 2. The molecule has 0 aliphatic heterocycles. The van der Waals surface area contributed by atoms with Gasteiger partial charge in [0.25, 0.3) is 5.91 Å². The van der Waals surface area contributed by atoms with Gasteiger partial charge in [0.2, 0.25) is 5.24 Å². The molecule has 8 nitrogen and oxygen atoms in total. The van der Waals surface area contributed by atoms with Crippen molar-refractivity contribution in [3.8, 4) is 0 Å². The zero-order chi connectivity index (χ0) is 24.0. The minimum absolute atomic E-state index is 0.130. The maximum absolute atomic E-state index is 13.3. The SMILES string of the molecule is Cc1cc(CNC(=O)c2ncnc3c(NCl)nn(C)c23)ccc1F.O=C(Cl)C1CCCCC1. The van der Waals surface area contributed by atoms with Crippen molar-refractivity contribution in [1.82, 2.24) is 25.1 Å². The fourth-order valence-electron chi connectivity index (χ4n) is 3.75. The van der Waals surface area contributed by atoms with E-state index in [1.807, 2.05) is 0 Å². The van der Waals surface area contributed by atoms with Gasteiger partial charge in [-0.1, -0.05) is 31.4 Å². The Morgan fingerprint density at radius 1 is 1.21 bits per heavy atom. The molecule has 1 amide bonds. The number of fused-ring (bicyclic) bond motifs is 1. The molecule has 0 spiro atoms. The molecule has 11 heteroatoms. The number of carbonyl (C=O) groups is 2. The van der Waals surface area contributed by atoms with Crippen LogP contribution in [0.5, 0.6) is 0 Å². The van der Waals surface area contributed by atoms with E-state index in [2.05, 4.69) is 25.2 Å². The number of nitrogens with zero attached hydrogens (tertiary/aromatic N) is 4. The summed E-state index contributed by atoms with van der Waals surface area (Å²) in [7, 11) is 1.67. The smallest absolute Gasteiger partial charge is 0.272 e. The van der Waals surface area contributed by atoms with E-state index in [-0.39, 0.29) is 35.1 Å². The first-order valence-electron chi connectivity index (χ1n) is 10.6. The van der Waals surface area contributed by atoms with Crippen LogP contribution in [0.15, 0.2) is 24.5 Å². The van der Waals surface area contributed by atoms with Gasteiger partial charge in [-0.05, 0) is 48.6 Å². The number of halogens is 3. The van der Waals surface area contributed by atoms with Crippen molar-refractivity contribution in [2.24, 2.45) is 13.0 Å². The van der Waals surface area contributed by atoms with Gasteiger partial charge in [-0.15, -0.1) is 0 Å². The van der Waals surface area contributed by atoms with E-state index in [9.17, 15) is 14.0 Å². The number of aromatic nitrogens is 4. The number of carbonyl (C=O) groups excluding carboxylic acids is 2. The molecule has 0 bridgehead atoms. The third-order valence-electron chi connectivity index (χ3n) is 5.53. The highest BCUT2D eigenvalue weighted by atomic mass is 35.5. The zero-order valence-electron chi connectivity index (χ0n) is 18.4. The average molecular weight is 495 g/mol. The largest absolute Gasteiger partial charge is 0.347 e. The minimum Gasteiger partial charge on any atom is -0.347 e. The lowest BCUT2D eigenvalue weighted by atomic mass is 9.90. The molecule has 0 radical (unpaired) electrons. The fourth-order valence-corrected chi connectivity index (χ4v) is 4.09. The van der Waals surface area contributed by atoms with Gasteiger partial charge < -0.3 is 5.32 Å².